The van der Waals surface area contributed by atoms with Crippen LogP contribution in [0, 0.1) is 5.92 Å². The molecule has 2 amide bonds. The summed E-state index contributed by atoms with van der Waals surface area (Å²) in [5, 5.41) is 6.92. The number of likely N-dealkylation sites (N-methyl/N-ethyl adjacent to an activating group) is 1. The van der Waals surface area contributed by atoms with Gasteiger partial charge in [0.2, 0.25) is 11.8 Å². The highest BCUT2D eigenvalue weighted by Gasteiger charge is 2.34. The topological polar surface area (TPSA) is 61.4 Å². The van der Waals surface area contributed by atoms with Gasteiger partial charge in [-0.25, -0.2) is 0 Å². The van der Waals surface area contributed by atoms with E-state index >= 15 is 0 Å². The standard InChI is InChI=1S/C18H24ClN3O2/c1-22(11-17(23)21-14-4-2-3-13(19)10-14)18(24)9-12-7-15-5-6-16(8-12)20-15/h2-4,10,12,15-16,20H,5-9,11H2,1H3,(H,21,23). The van der Waals surface area contributed by atoms with E-state index < -0.39 is 0 Å². The molecule has 2 bridgehead atoms. The average Bonchev–Trinajstić information content (AvgIpc) is 2.85. The van der Waals surface area contributed by atoms with E-state index in [1.807, 2.05) is 0 Å². The summed E-state index contributed by atoms with van der Waals surface area (Å²) < 4.78 is 0. The number of hydrogen-bond donors (Lipinski definition) is 2. The first-order valence-corrected chi connectivity index (χ1v) is 8.93. The maximum atomic E-state index is 12.4. The molecule has 3 rings (SSSR count). The van der Waals surface area contributed by atoms with Crippen molar-refractivity contribution in [3.05, 3.63) is 29.3 Å². The second-order valence-electron chi connectivity index (χ2n) is 6.99. The molecule has 2 N–H and O–H groups in total. The van der Waals surface area contributed by atoms with Crippen LogP contribution in [0.15, 0.2) is 24.3 Å². The zero-order chi connectivity index (χ0) is 17.1. The molecule has 2 aliphatic heterocycles. The molecule has 24 heavy (non-hydrogen) atoms. The Labute approximate surface area is 147 Å². The van der Waals surface area contributed by atoms with Crippen LogP contribution in [0.25, 0.3) is 0 Å². The van der Waals surface area contributed by atoms with Gasteiger partial charge in [-0.1, -0.05) is 17.7 Å². The first-order chi connectivity index (χ1) is 11.5. The Morgan fingerprint density at radius 1 is 1.29 bits per heavy atom. The van der Waals surface area contributed by atoms with Gasteiger partial charge in [0.25, 0.3) is 0 Å². The lowest BCUT2D eigenvalue weighted by molar-refractivity contribution is -0.134. The molecule has 2 atom stereocenters. The second-order valence-corrected chi connectivity index (χ2v) is 7.42. The minimum Gasteiger partial charge on any atom is -0.336 e. The average molecular weight is 350 g/mol. The Bertz CT molecular complexity index is 610. The molecule has 2 aliphatic rings. The Hall–Kier alpha value is -1.59. The van der Waals surface area contributed by atoms with Crippen molar-refractivity contribution in [3.63, 3.8) is 0 Å². The number of benzene rings is 1. The van der Waals surface area contributed by atoms with Crippen LogP contribution in [0.1, 0.15) is 32.1 Å². The second kappa shape index (κ2) is 7.53. The van der Waals surface area contributed by atoms with Gasteiger partial charge in [0.05, 0.1) is 6.54 Å². The molecule has 1 aromatic carbocycles. The summed E-state index contributed by atoms with van der Waals surface area (Å²) in [6.45, 7) is 0.0587. The maximum absolute atomic E-state index is 12.4. The molecule has 130 valence electrons. The fourth-order valence-corrected chi connectivity index (χ4v) is 4.01. The Morgan fingerprint density at radius 3 is 2.67 bits per heavy atom. The molecular weight excluding hydrogens is 326 g/mol. The summed E-state index contributed by atoms with van der Waals surface area (Å²) in [6.07, 6.45) is 5.14. The third-order valence-corrected chi connectivity index (χ3v) is 5.18. The Balaban J connectivity index is 1.46. The minimum absolute atomic E-state index is 0.0440. The number of piperidine rings is 1. The molecule has 1 aromatic rings. The largest absolute Gasteiger partial charge is 0.336 e. The monoisotopic (exact) mass is 349 g/mol. The molecular formula is C18H24ClN3O2. The Morgan fingerprint density at radius 2 is 2.00 bits per heavy atom. The molecule has 0 spiro atoms. The van der Waals surface area contributed by atoms with Crippen molar-refractivity contribution >= 4 is 29.1 Å². The van der Waals surface area contributed by atoms with Crippen LogP contribution in [-0.4, -0.2) is 42.4 Å². The van der Waals surface area contributed by atoms with E-state index in [4.69, 9.17) is 11.6 Å². The van der Waals surface area contributed by atoms with Crippen LogP contribution in [-0.2, 0) is 9.59 Å². The number of hydrogen-bond acceptors (Lipinski definition) is 3. The highest BCUT2D eigenvalue weighted by atomic mass is 35.5. The number of nitrogens with one attached hydrogen (secondary N) is 2. The summed E-state index contributed by atoms with van der Waals surface area (Å²) in [7, 11) is 1.69. The Kier molecular flexibility index (Phi) is 5.41. The predicted molar refractivity (Wildman–Crippen MR) is 95.0 cm³/mol. The highest BCUT2D eigenvalue weighted by molar-refractivity contribution is 6.30. The van der Waals surface area contributed by atoms with Gasteiger partial charge in [0, 0.05) is 36.3 Å². The molecule has 2 unspecified atom stereocenters. The number of halogens is 1. The third-order valence-electron chi connectivity index (χ3n) is 4.95. The molecule has 2 fully saturated rings. The van der Waals surface area contributed by atoms with E-state index in [1.54, 1.807) is 31.3 Å². The number of rotatable bonds is 5. The number of amides is 2. The molecule has 2 saturated heterocycles. The number of carbonyl (C=O) groups is 2. The summed E-state index contributed by atoms with van der Waals surface area (Å²) >= 11 is 5.90. The molecule has 5 nitrogen and oxygen atoms in total. The summed E-state index contributed by atoms with van der Waals surface area (Å²) in [5.41, 5.74) is 0.642. The van der Waals surface area contributed by atoms with Gasteiger partial charge in [-0.3, -0.25) is 9.59 Å². The maximum Gasteiger partial charge on any atom is 0.243 e. The van der Waals surface area contributed by atoms with Crippen molar-refractivity contribution in [2.24, 2.45) is 5.92 Å². The van der Waals surface area contributed by atoms with Gasteiger partial charge >= 0.3 is 0 Å². The minimum atomic E-state index is -0.210. The lowest BCUT2D eigenvalue weighted by Gasteiger charge is -2.29. The van der Waals surface area contributed by atoms with Gasteiger partial charge < -0.3 is 15.5 Å². The van der Waals surface area contributed by atoms with Gasteiger partial charge in [-0.05, 0) is 49.8 Å². The molecule has 2 heterocycles. The van der Waals surface area contributed by atoms with Crippen LogP contribution < -0.4 is 10.6 Å². The van der Waals surface area contributed by atoms with Crippen molar-refractivity contribution in [2.75, 3.05) is 18.9 Å². The van der Waals surface area contributed by atoms with Crippen molar-refractivity contribution in [3.8, 4) is 0 Å². The van der Waals surface area contributed by atoms with Crippen molar-refractivity contribution in [1.29, 1.82) is 0 Å². The smallest absolute Gasteiger partial charge is 0.243 e. The molecule has 6 heteroatoms. The van der Waals surface area contributed by atoms with E-state index in [2.05, 4.69) is 10.6 Å². The number of fused-ring (bicyclic) bond motifs is 2. The van der Waals surface area contributed by atoms with Crippen molar-refractivity contribution in [2.45, 2.75) is 44.2 Å². The zero-order valence-corrected chi connectivity index (χ0v) is 14.7. The number of nitrogens with zero attached hydrogens (tertiary/aromatic N) is 1. The van der Waals surface area contributed by atoms with Gasteiger partial charge in [0.1, 0.15) is 0 Å². The third kappa shape index (κ3) is 4.48. The van der Waals surface area contributed by atoms with E-state index in [-0.39, 0.29) is 18.4 Å². The van der Waals surface area contributed by atoms with Crippen LogP contribution in [0.3, 0.4) is 0 Å². The molecule has 0 saturated carbocycles. The number of anilines is 1. The lowest BCUT2D eigenvalue weighted by Crippen LogP contribution is -2.41. The van der Waals surface area contributed by atoms with Gasteiger partial charge in [-0.2, -0.15) is 0 Å². The van der Waals surface area contributed by atoms with Crippen LogP contribution in [0.4, 0.5) is 5.69 Å². The van der Waals surface area contributed by atoms with Gasteiger partial charge in [0.15, 0.2) is 0 Å². The fraction of sp³-hybridized carbons (Fsp3) is 0.556. The lowest BCUT2D eigenvalue weighted by atomic mass is 9.89. The van der Waals surface area contributed by atoms with Crippen LogP contribution in [0.2, 0.25) is 5.02 Å². The molecule has 0 aliphatic carbocycles. The zero-order valence-electron chi connectivity index (χ0n) is 13.9. The van der Waals surface area contributed by atoms with E-state index in [9.17, 15) is 9.59 Å². The van der Waals surface area contributed by atoms with Crippen molar-refractivity contribution < 1.29 is 9.59 Å². The van der Waals surface area contributed by atoms with Crippen molar-refractivity contribution in [1.82, 2.24) is 10.2 Å². The predicted octanol–water partition coefficient (Wildman–Crippen LogP) is 2.66. The summed E-state index contributed by atoms with van der Waals surface area (Å²) in [6, 6.07) is 8.15. The highest BCUT2D eigenvalue weighted by Crippen LogP contribution is 2.32. The quantitative estimate of drug-likeness (QED) is 0.859. The normalized spacial score (nSPS) is 25.3. The van der Waals surface area contributed by atoms with Gasteiger partial charge in [-0.15, -0.1) is 0 Å². The first-order valence-electron chi connectivity index (χ1n) is 8.55. The fourth-order valence-electron chi connectivity index (χ4n) is 3.81. The summed E-state index contributed by atoms with van der Waals surface area (Å²) in [5.74, 6) is 0.274. The SMILES string of the molecule is CN(CC(=O)Nc1cccc(Cl)c1)C(=O)CC1CC2CCC(C1)N2. The van der Waals surface area contributed by atoms with Crippen LogP contribution in [0.5, 0.6) is 0 Å². The van der Waals surface area contributed by atoms with E-state index in [0.29, 0.717) is 35.1 Å². The first kappa shape index (κ1) is 17.2. The molecule has 0 radical (unpaired) electrons. The van der Waals surface area contributed by atoms with E-state index in [0.717, 1.165) is 12.8 Å². The summed E-state index contributed by atoms with van der Waals surface area (Å²) in [4.78, 5) is 26.0. The number of carbonyl (C=O) groups excluding carboxylic acids is 2. The molecule has 0 aromatic heterocycles. The van der Waals surface area contributed by atoms with Crippen LogP contribution >= 0.6 is 11.6 Å². The van der Waals surface area contributed by atoms with E-state index in [1.165, 1.54) is 17.7 Å².